The van der Waals surface area contributed by atoms with Crippen LogP contribution >= 0.6 is 0 Å². The Bertz CT molecular complexity index is 51.8. The minimum Gasteiger partial charge on any atom is -0.0700 e. The highest BCUT2D eigenvalue weighted by atomic mass is 28.4. The molecule has 0 unspecified atom stereocenters. The summed E-state index contributed by atoms with van der Waals surface area (Å²) in [4.78, 5) is 0. The monoisotopic (exact) mass is 208 g/mol. The minimum absolute atomic E-state index is 0.444. The predicted octanol–water partition coefficient (Wildman–Crippen LogP) is -3.27. The number of hydrogen-bond acceptors (Lipinski definition) is 0. The molecule has 0 bridgehead atoms. The lowest BCUT2D eigenvalue weighted by Gasteiger charge is -2.25. The average Bonchev–Trinajstić information content (AvgIpc) is 1.95. The van der Waals surface area contributed by atoms with E-state index in [2.05, 4.69) is 0 Å². The molecule has 0 atom stereocenters. The maximum absolute atomic E-state index is 1.73. The van der Waals surface area contributed by atoms with Gasteiger partial charge in [0.15, 0.2) is 0 Å². The maximum atomic E-state index is 1.73. The third kappa shape index (κ3) is 2.66. The minimum atomic E-state index is -0.444. The topological polar surface area (TPSA) is 0 Å². The van der Waals surface area contributed by atoms with Crippen molar-refractivity contribution in [2.45, 2.75) is 22.7 Å². The molecule has 0 aliphatic carbocycles. The third-order valence-electron chi connectivity index (χ3n) is 3.00. The first-order chi connectivity index (χ1) is 4.24. The van der Waals surface area contributed by atoms with Crippen molar-refractivity contribution in [2.24, 2.45) is 0 Å². The summed E-state index contributed by atoms with van der Waals surface area (Å²) in [7, 11) is 5.57. The molecule has 0 nitrogen and oxygen atoms in total. The molecule has 0 heterocycles. The van der Waals surface area contributed by atoms with Gasteiger partial charge in [-0.25, -0.2) is 0 Å². The van der Waals surface area contributed by atoms with Gasteiger partial charge >= 0.3 is 0 Å². The molecule has 0 aliphatic rings. The van der Waals surface area contributed by atoms with E-state index in [1.165, 1.54) is 41.0 Å². The smallest absolute Gasteiger partial charge is 0.0399 e. The van der Waals surface area contributed by atoms with Crippen LogP contribution in [0, 0.1) is 0 Å². The van der Waals surface area contributed by atoms with Crippen LogP contribution in [0.1, 0.15) is 0 Å². The van der Waals surface area contributed by atoms with Gasteiger partial charge in [0, 0.05) is 8.07 Å². The zero-order valence-electron chi connectivity index (χ0n) is 7.33. The Kier molecular flexibility index (Phi) is 5.41. The fourth-order valence-corrected chi connectivity index (χ4v) is 40.5. The first kappa shape index (κ1) is 10.1. The maximum Gasteiger partial charge on any atom is 0.0399 e. The largest absolute Gasteiger partial charge is 0.0700 e. The Morgan fingerprint density at radius 2 is 0.889 bits per heavy atom. The van der Waals surface area contributed by atoms with Crippen molar-refractivity contribution in [2.75, 3.05) is 0 Å². The second kappa shape index (κ2) is 4.83. The van der Waals surface area contributed by atoms with Crippen LogP contribution in [0.15, 0.2) is 0 Å². The lowest BCUT2D eigenvalue weighted by Crippen LogP contribution is -2.34. The van der Waals surface area contributed by atoms with Crippen LogP contribution in [-0.4, -0.2) is 49.0 Å². The van der Waals surface area contributed by atoms with Gasteiger partial charge in [0.05, 0.1) is 0 Å². The van der Waals surface area contributed by atoms with Crippen LogP contribution in [0.2, 0.25) is 22.7 Å². The third-order valence-corrected chi connectivity index (χ3v) is 27.0. The highest BCUT2D eigenvalue weighted by Crippen LogP contribution is 2.18. The molecule has 0 saturated heterocycles. The molecular weight excluding hydrogens is 188 g/mol. The van der Waals surface area contributed by atoms with Gasteiger partial charge in [0.1, 0.15) is 0 Å². The lowest BCUT2D eigenvalue weighted by molar-refractivity contribution is 1.52. The fraction of sp³-hybridized carbons (Fsp3) is 1.00. The summed E-state index contributed by atoms with van der Waals surface area (Å²) >= 11 is 0. The van der Waals surface area contributed by atoms with E-state index in [-0.39, 0.29) is 0 Å². The Hall–Kier alpha value is 1.08. The second-order valence-corrected chi connectivity index (χ2v) is 17.2. The van der Waals surface area contributed by atoms with Crippen molar-refractivity contribution in [3.05, 3.63) is 0 Å². The van der Waals surface area contributed by atoms with Gasteiger partial charge in [-0.1, -0.05) is 22.7 Å². The van der Waals surface area contributed by atoms with E-state index in [1.807, 2.05) is 0 Å². The summed E-state index contributed by atoms with van der Waals surface area (Å²) in [5.41, 5.74) is 6.90. The normalized spacial score (nSPS) is 18.7. The summed E-state index contributed by atoms with van der Waals surface area (Å²) in [6.45, 7) is 0. The molecule has 0 N–H and O–H groups in total. The molecule has 0 aliphatic heterocycles. The summed E-state index contributed by atoms with van der Waals surface area (Å²) in [5.74, 6) is 0. The quantitative estimate of drug-likeness (QED) is 0.426. The lowest BCUT2D eigenvalue weighted by atomic mass is 11.7. The van der Waals surface area contributed by atoms with Crippen molar-refractivity contribution >= 4 is 49.0 Å². The molecule has 0 saturated carbocycles. The van der Waals surface area contributed by atoms with Crippen LogP contribution in [-0.2, 0) is 0 Å². The average molecular weight is 209 g/mol. The second-order valence-electron chi connectivity index (χ2n) is 2.91. The van der Waals surface area contributed by atoms with Crippen molar-refractivity contribution in [1.29, 1.82) is 0 Å². The van der Waals surface area contributed by atoms with E-state index in [1.54, 1.807) is 22.7 Å². The summed E-state index contributed by atoms with van der Waals surface area (Å²) < 4.78 is 0. The highest BCUT2D eigenvalue weighted by Gasteiger charge is 2.22. The Labute approximate surface area is 71.9 Å². The molecule has 0 radical (unpaired) electrons. The van der Waals surface area contributed by atoms with Crippen LogP contribution in [0.25, 0.3) is 0 Å². The molecule has 5 heteroatoms. The van der Waals surface area contributed by atoms with Gasteiger partial charge in [0.25, 0.3) is 0 Å². The molecule has 0 fully saturated rings. The predicted molar refractivity (Wildman–Crippen MR) is 64.7 cm³/mol. The van der Waals surface area contributed by atoms with E-state index in [4.69, 9.17) is 0 Å². The number of hydrogen-bond donors (Lipinski definition) is 0. The van der Waals surface area contributed by atoms with Gasteiger partial charge in [-0.15, -0.1) is 0 Å². The van der Waals surface area contributed by atoms with Crippen molar-refractivity contribution in [3.63, 3.8) is 0 Å². The molecule has 0 aromatic heterocycles. The zero-order chi connectivity index (χ0) is 7.33. The van der Waals surface area contributed by atoms with Crippen LogP contribution in [0.3, 0.4) is 0 Å². The summed E-state index contributed by atoms with van der Waals surface area (Å²) in [5, 5.41) is 0. The van der Waals surface area contributed by atoms with E-state index in [0.717, 1.165) is 0 Å². The summed E-state index contributed by atoms with van der Waals surface area (Å²) in [6, 6.07) is 0. The van der Waals surface area contributed by atoms with Crippen LogP contribution in [0.4, 0.5) is 0 Å². The van der Waals surface area contributed by atoms with E-state index in [0.29, 0.717) is 0 Å². The van der Waals surface area contributed by atoms with Crippen LogP contribution in [0.5, 0.6) is 0 Å². The molecule has 0 spiro atoms. The first-order valence-electron chi connectivity index (χ1n) is 4.24. The molecular formula is C4H20Si5. The van der Waals surface area contributed by atoms with Gasteiger partial charge in [0.2, 0.25) is 0 Å². The summed E-state index contributed by atoms with van der Waals surface area (Å²) in [6.07, 6.45) is 0. The Morgan fingerprint density at radius 3 is 0.889 bits per heavy atom. The van der Waals surface area contributed by atoms with Gasteiger partial charge in [-0.2, -0.15) is 0 Å². The standard InChI is InChI=1S/C4H20Si5/c5-1-9(2-6,3-7)4-8/h1-4H2,5-8H3. The van der Waals surface area contributed by atoms with Gasteiger partial charge in [-0.3, -0.25) is 0 Å². The van der Waals surface area contributed by atoms with Gasteiger partial charge in [-0.05, 0) is 41.0 Å². The molecule has 0 aromatic carbocycles. The molecule has 0 aromatic rings. The van der Waals surface area contributed by atoms with Crippen LogP contribution < -0.4 is 0 Å². The molecule has 9 heavy (non-hydrogen) atoms. The van der Waals surface area contributed by atoms with E-state index >= 15 is 0 Å². The molecule has 0 rings (SSSR count). The SMILES string of the molecule is [SiH3]C[Si](C[SiH3])(C[SiH3])C[SiH3]. The van der Waals surface area contributed by atoms with E-state index in [9.17, 15) is 0 Å². The van der Waals surface area contributed by atoms with Gasteiger partial charge < -0.3 is 0 Å². The van der Waals surface area contributed by atoms with Crippen molar-refractivity contribution in [3.8, 4) is 0 Å². The van der Waals surface area contributed by atoms with E-state index < -0.39 is 8.07 Å². The highest BCUT2D eigenvalue weighted by molar-refractivity contribution is 6.94. The fourth-order valence-electron chi connectivity index (χ4n) is 1.50. The van der Waals surface area contributed by atoms with Crippen molar-refractivity contribution < 1.29 is 0 Å². The molecule has 0 amide bonds. The number of rotatable bonds is 4. The molecule has 56 valence electrons. The van der Waals surface area contributed by atoms with Crippen molar-refractivity contribution in [1.82, 2.24) is 0 Å². The zero-order valence-corrected chi connectivity index (χ0v) is 16.3. The first-order valence-corrected chi connectivity index (χ1v) is 12.7. The Morgan fingerprint density at radius 1 is 0.667 bits per heavy atom. The Balaban J connectivity index is 3.82.